The molecule has 0 saturated carbocycles. The molecule has 1 heterocycles. The third-order valence-electron chi connectivity index (χ3n) is 1.27. The Bertz CT molecular complexity index is 196. The van der Waals surface area contributed by atoms with Crippen molar-refractivity contribution >= 4 is 0 Å². The average molecular weight is 121 g/mol. The van der Waals surface area contributed by atoms with Crippen LogP contribution in [-0.4, -0.2) is 9.97 Å². The van der Waals surface area contributed by atoms with Gasteiger partial charge in [0.25, 0.3) is 0 Å². The Kier molecular flexibility index (Phi) is 1.78. The van der Waals surface area contributed by atoms with E-state index in [4.69, 9.17) is 0 Å². The topological polar surface area (TPSA) is 25.8 Å². The van der Waals surface area contributed by atoms with Crippen LogP contribution in [-0.2, 0) is 6.42 Å². The van der Waals surface area contributed by atoms with Crippen molar-refractivity contribution in [2.24, 2.45) is 0 Å². The summed E-state index contributed by atoms with van der Waals surface area (Å²) < 4.78 is 0. The van der Waals surface area contributed by atoms with E-state index in [-0.39, 0.29) is 0 Å². The van der Waals surface area contributed by atoms with Crippen molar-refractivity contribution in [1.82, 2.24) is 9.97 Å². The highest BCUT2D eigenvalue weighted by molar-refractivity contribution is 5.11. The number of hydrogen-bond donors (Lipinski definition) is 0. The van der Waals surface area contributed by atoms with E-state index in [1.165, 1.54) is 6.33 Å². The lowest BCUT2D eigenvalue weighted by atomic mass is 10.2. The van der Waals surface area contributed by atoms with Crippen LogP contribution in [0.2, 0.25) is 0 Å². The van der Waals surface area contributed by atoms with Crippen LogP contribution in [0, 0.1) is 13.1 Å². The molecule has 0 aliphatic heterocycles. The number of aromatic nitrogens is 2. The van der Waals surface area contributed by atoms with Crippen molar-refractivity contribution in [3.05, 3.63) is 23.8 Å². The molecule has 1 rings (SSSR count). The zero-order valence-corrected chi connectivity index (χ0v) is 5.68. The third-order valence-corrected chi connectivity index (χ3v) is 1.27. The zero-order chi connectivity index (χ0) is 6.69. The molecule has 0 N–H and O–H groups in total. The highest BCUT2D eigenvalue weighted by atomic mass is 14.8. The van der Waals surface area contributed by atoms with Gasteiger partial charge in [-0.15, -0.1) is 0 Å². The highest BCUT2D eigenvalue weighted by Crippen LogP contribution is 1.99. The number of hydrogen-bond acceptors (Lipinski definition) is 2. The molecule has 0 aromatic carbocycles. The normalized spacial score (nSPS) is 9.56. The van der Waals surface area contributed by atoms with Gasteiger partial charge in [0.2, 0.25) is 0 Å². The summed E-state index contributed by atoms with van der Waals surface area (Å²) in [4.78, 5) is 7.81. The van der Waals surface area contributed by atoms with Crippen molar-refractivity contribution in [2.45, 2.75) is 20.3 Å². The van der Waals surface area contributed by atoms with Gasteiger partial charge in [-0.05, 0) is 18.9 Å². The van der Waals surface area contributed by atoms with Gasteiger partial charge < -0.3 is 0 Å². The van der Waals surface area contributed by atoms with Crippen LogP contribution in [0.15, 0.2) is 6.33 Å². The molecule has 0 atom stereocenters. The van der Waals surface area contributed by atoms with Gasteiger partial charge in [0, 0.05) is 5.69 Å². The van der Waals surface area contributed by atoms with E-state index in [2.05, 4.69) is 23.1 Å². The Morgan fingerprint density at radius 3 is 2.89 bits per heavy atom. The van der Waals surface area contributed by atoms with Crippen molar-refractivity contribution in [2.75, 3.05) is 0 Å². The standard InChI is InChI=1S/C7H9N2/c1-3-7-6(2)4-8-5-9-7/h5H,3H2,1-2H3. The quantitative estimate of drug-likeness (QED) is 0.557. The van der Waals surface area contributed by atoms with Crippen LogP contribution >= 0.6 is 0 Å². The minimum atomic E-state index is 0.963. The van der Waals surface area contributed by atoms with Gasteiger partial charge in [0.05, 0.1) is 6.20 Å². The molecule has 9 heavy (non-hydrogen) atoms. The molecule has 1 aromatic rings. The van der Waals surface area contributed by atoms with E-state index in [9.17, 15) is 0 Å². The van der Waals surface area contributed by atoms with E-state index in [0.717, 1.165) is 17.7 Å². The molecule has 0 spiro atoms. The first-order valence-corrected chi connectivity index (χ1v) is 3.02. The van der Waals surface area contributed by atoms with E-state index in [1.807, 2.05) is 6.92 Å². The van der Waals surface area contributed by atoms with Crippen LogP contribution in [0.4, 0.5) is 0 Å². The summed E-state index contributed by atoms with van der Waals surface area (Å²) in [6, 6.07) is 0. The molecule has 0 unspecified atom stereocenters. The Hall–Kier alpha value is -0.920. The summed E-state index contributed by atoms with van der Waals surface area (Å²) in [7, 11) is 0. The Morgan fingerprint density at radius 2 is 2.44 bits per heavy atom. The smallest absolute Gasteiger partial charge is 0.116 e. The summed E-state index contributed by atoms with van der Waals surface area (Å²) in [6.07, 6.45) is 5.34. The summed E-state index contributed by atoms with van der Waals surface area (Å²) in [5.74, 6) is 0. The molecular formula is C7H9N2. The fraction of sp³-hybridized carbons (Fsp3) is 0.429. The monoisotopic (exact) mass is 121 g/mol. The molecule has 0 aliphatic rings. The van der Waals surface area contributed by atoms with Crippen molar-refractivity contribution in [1.29, 1.82) is 0 Å². The largest absolute Gasteiger partial charge is 0.241 e. The molecule has 0 fully saturated rings. The summed E-state index contributed by atoms with van der Waals surface area (Å²) in [5.41, 5.74) is 2.14. The van der Waals surface area contributed by atoms with E-state index in [0.29, 0.717) is 0 Å². The molecule has 47 valence electrons. The SMILES string of the molecule is CCc1ncn[c]c1C. The zero-order valence-electron chi connectivity index (χ0n) is 5.68. The minimum Gasteiger partial charge on any atom is -0.241 e. The predicted molar refractivity (Wildman–Crippen MR) is 35.0 cm³/mol. The van der Waals surface area contributed by atoms with Crippen LogP contribution in [0.3, 0.4) is 0 Å². The Morgan fingerprint density at radius 1 is 1.67 bits per heavy atom. The first kappa shape index (κ1) is 6.20. The van der Waals surface area contributed by atoms with Gasteiger partial charge in [-0.3, -0.25) is 0 Å². The van der Waals surface area contributed by atoms with E-state index in [1.54, 1.807) is 0 Å². The van der Waals surface area contributed by atoms with Crippen LogP contribution in [0.1, 0.15) is 18.2 Å². The second-order valence-electron chi connectivity index (χ2n) is 1.91. The average Bonchev–Trinajstić information content (AvgIpc) is 1.89. The number of nitrogens with zero attached hydrogens (tertiary/aromatic N) is 2. The number of rotatable bonds is 1. The predicted octanol–water partition coefficient (Wildman–Crippen LogP) is 1.15. The molecule has 1 aromatic heterocycles. The Labute approximate surface area is 55.0 Å². The second-order valence-corrected chi connectivity index (χ2v) is 1.91. The van der Waals surface area contributed by atoms with Crippen molar-refractivity contribution < 1.29 is 0 Å². The van der Waals surface area contributed by atoms with E-state index >= 15 is 0 Å². The fourth-order valence-corrected chi connectivity index (χ4v) is 0.742. The lowest BCUT2D eigenvalue weighted by Gasteiger charge is -1.95. The summed E-state index contributed by atoms with van der Waals surface area (Å²) in [5, 5.41) is 0. The lowest BCUT2D eigenvalue weighted by molar-refractivity contribution is 0.965. The van der Waals surface area contributed by atoms with Gasteiger partial charge in [0.15, 0.2) is 0 Å². The van der Waals surface area contributed by atoms with E-state index < -0.39 is 0 Å². The maximum absolute atomic E-state index is 4.05. The van der Waals surface area contributed by atoms with Gasteiger partial charge in [-0.2, -0.15) is 0 Å². The van der Waals surface area contributed by atoms with Gasteiger partial charge in [-0.25, -0.2) is 9.97 Å². The molecule has 0 bridgehead atoms. The lowest BCUT2D eigenvalue weighted by Crippen LogP contribution is -1.91. The third kappa shape index (κ3) is 1.25. The molecular weight excluding hydrogens is 112 g/mol. The molecule has 0 amide bonds. The second kappa shape index (κ2) is 2.58. The van der Waals surface area contributed by atoms with Crippen LogP contribution < -0.4 is 0 Å². The molecule has 2 heteroatoms. The van der Waals surface area contributed by atoms with Crippen molar-refractivity contribution in [3.8, 4) is 0 Å². The van der Waals surface area contributed by atoms with Crippen molar-refractivity contribution in [3.63, 3.8) is 0 Å². The fourth-order valence-electron chi connectivity index (χ4n) is 0.742. The molecule has 0 aliphatic carbocycles. The first-order chi connectivity index (χ1) is 4.34. The molecule has 2 nitrogen and oxygen atoms in total. The first-order valence-electron chi connectivity index (χ1n) is 3.02. The summed E-state index contributed by atoms with van der Waals surface area (Å²) in [6.45, 7) is 4.04. The number of aryl methyl sites for hydroxylation is 2. The van der Waals surface area contributed by atoms with Crippen LogP contribution in [0.25, 0.3) is 0 Å². The molecule has 0 saturated heterocycles. The molecule has 1 radical (unpaired) electrons. The van der Waals surface area contributed by atoms with Gasteiger partial charge in [0.1, 0.15) is 6.33 Å². The minimum absolute atomic E-state index is 0.963. The highest BCUT2D eigenvalue weighted by Gasteiger charge is 1.93. The summed E-state index contributed by atoms with van der Waals surface area (Å²) >= 11 is 0. The maximum atomic E-state index is 4.05. The Balaban J connectivity index is 3.01. The van der Waals surface area contributed by atoms with Crippen LogP contribution in [0.5, 0.6) is 0 Å². The van der Waals surface area contributed by atoms with Gasteiger partial charge in [-0.1, -0.05) is 6.92 Å². The van der Waals surface area contributed by atoms with Gasteiger partial charge >= 0.3 is 0 Å². The maximum Gasteiger partial charge on any atom is 0.116 e.